The summed E-state index contributed by atoms with van der Waals surface area (Å²) in [6.07, 6.45) is 4.18. The van der Waals surface area contributed by atoms with Crippen LogP contribution in [0.3, 0.4) is 0 Å². The molecule has 0 aromatic heterocycles. The Morgan fingerprint density at radius 3 is 2.82 bits per heavy atom. The maximum atomic E-state index is 12.0. The molecule has 0 fully saturated rings. The van der Waals surface area contributed by atoms with E-state index in [0.29, 0.717) is 12.1 Å². The molecule has 17 heavy (non-hydrogen) atoms. The molecule has 92 valence electrons. The summed E-state index contributed by atoms with van der Waals surface area (Å²) in [4.78, 5) is 12.0. The highest BCUT2D eigenvalue weighted by atomic mass is 35.5. The SMILES string of the molecule is NCCC(=O)c1c(O)c(Cl)cc2c1CCCC2. The van der Waals surface area contributed by atoms with E-state index in [2.05, 4.69) is 0 Å². The molecule has 0 saturated heterocycles. The zero-order valence-corrected chi connectivity index (χ0v) is 10.4. The van der Waals surface area contributed by atoms with Gasteiger partial charge in [0.15, 0.2) is 5.78 Å². The molecule has 1 aromatic rings. The Kier molecular flexibility index (Phi) is 3.69. The van der Waals surface area contributed by atoms with Crippen LogP contribution < -0.4 is 5.73 Å². The maximum Gasteiger partial charge on any atom is 0.168 e. The van der Waals surface area contributed by atoms with Crippen LogP contribution in [-0.2, 0) is 12.8 Å². The standard InChI is InChI=1S/C13H16ClNO2/c14-10-7-8-3-1-2-4-9(8)12(13(10)17)11(16)5-6-15/h7,17H,1-6,15H2. The number of aryl methyl sites for hydroxylation is 1. The Bertz CT molecular complexity index is 457. The molecule has 1 aliphatic carbocycles. The number of halogens is 1. The average molecular weight is 254 g/mol. The molecule has 4 heteroatoms. The van der Waals surface area contributed by atoms with E-state index in [1.807, 2.05) is 0 Å². The lowest BCUT2D eigenvalue weighted by molar-refractivity contribution is 0.0981. The van der Waals surface area contributed by atoms with Crippen molar-refractivity contribution in [2.24, 2.45) is 5.73 Å². The molecular formula is C13H16ClNO2. The number of rotatable bonds is 3. The lowest BCUT2D eigenvalue weighted by atomic mass is 9.86. The Hall–Kier alpha value is -1.06. The van der Waals surface area contributed by atoms with Crippen LogP contribution in [-0.4, -0.2) is 17.4 Å². The lowest BCUT2D eigenvalue weighted by Gasteiger charge is -2.20. The molecule has 0 spiro atoms. The summed E-state index contributed by atoms with van der Waals surface area (Å²) in [6, 6.07) is 1.78. The van der Waals surface area contributed by atoms with E-state index >= 15 is 0 Å². The van der Waals surface area contributed by atoms with Crippen molar-refractivity contribution >= 4 is 17.4 Å². The molecule has 1 aromatic carbocycles. The number of aromatic hydroxyl groups is 1. The molecule has 0 bridgehead atoms. The van der Waals surface area contributed by atoms with Crippen molar-refractivity contribution in [2.45, 2.75) is 32.1 Å². The van der Waals surface area contributed by atoms with Crippen molar-refractivity contribution in [1.29, 1.82) is 0 Å². The molecule has 0 amide bonds. The van der Waals surface area contributed by atoms with Crippen molar-refractivity contribution in [2.75, 3.05) is 6.54 Å². The molecule has 3 N–H and O–H groups in total. The van der Waals surface area contributed by atoms with Gasteiger partial charge in [0.05, 0.1) is 10.6 Å². The van der Waals surface area contributed by atoms with Gasteiger partial charge in [-0.3, -0.25) is 4.79 Å². The van der Waals surface area contributed by atoms with E-state index in [1.54, 1.807) is 6.07 Å². The first-order chi connectivity index (χ1) is 8.15. The number of phenolic OH excluding ortho intramolecular Hbond substituents is 1. The van der Waals surface area contributed by atoms with E-state index in [4.69, 9.17) is 17.3 Å². The van der Waals surface area contributed by atoms with Crippen molar-refractivity contribution < 1.29 is 9.90 Å². The number of carbonyl (C=O) groups excluding carboxylic acids is 1. The summed E-state index contributed by atoms with van der Waals surface area (Å²) < 4.78 is 0. The van der Waals surface area contributed by atoms with Crippen LogP contribution in [0.2, 0.25) is 5.02 Å². The van der Waals surface area contributed by atoms with Crippen LogP contribution in [0.25, 0.3) is 0 Å². The van der Waals surface area contributed by atoms with Crippen LogP contribution in [0.15, 0.2) is 6.07 Å². The number of Topliss-reactive ketones (excluding diaryl/α,β-unsaturated/α-hetero) is 1. The van der Waals surface area contributed by atoms with E-state index in [-0.39, 0.29) is 23.0 Å². The van der Waals surface area contributed by atoms with Gasteiger partial charge in [-0.1, -0.05) is 11.6 Å². The van der Waals surface area contributed by atoms with Gasteiger partial charge in [0.1, 0.15) is 5.75 Å². The first-order valence-corrected chi connectivity index (χ1v) is 6.29. The van der Waals surface area contributed by atoms with E-state index in [9.17, 15) is 9.90 Å². The summed E-state index contributed by atoms with van der Waals surface area (Å²) in [5.74, 6) is -0.184. The average Bonchev–Trinajstić information content (AvgIpc) is 2.31. The van der Waals surface area contributed by atoms with Gasteiger partial charge in [-0.2, -0.15) is 0 Å². The number of benzene rings is 1. The fourth-order valence-electron chi connectivity index (χ4n) is 2.41. The van der Waals surface area contributed by atoms with E-state index < -0.39 is 0 Å². The Balaban J connectivity index is 2.54. The lowest BCUT2D eigenvalue weighted by Crippen LogP contribution is -2.14. The second-order valence-electron chi connectivity index (χ2n) is 4.39. The van der Waals surface area contributed by atoms with Crippen LogP contribution in [0, 0.1) is 0 Å². The quantitative estimate of drug-likeness (QED) is 0.814. The summed E-state index contributed by atoms with van der Waals surface area (Å²) in [5, 5.41) is 10.2. The molecular weight excluding hydrogens is 238 g/mol. The fraction of sp³-hybridized carbons (Fsp3) is 0.462. The van der Waals surface area contributed by atoms with Crippen molar-refractivity contribution in [1.82, 2.24) is 0 Å². The largest absolute Gasteiger partial charge is 0.506 e. The molecule has 0 saturated carbocycles. The highest BCUT2D eigenvalue weighted by molar-refractivity contribution is 6.32. The Morgan fingerprint density at radius 2 is 2.12 bits per heavy atom. The monoisotopic (exact) mass is 253 g/mol. The summed E-state index contributed by atoms with van der Waals surface area (Å²) >= 11 is 5.96. The number of hydrogen-bond donors (Lipinski definition) is 2. The minimum Gasteiger partial charge on any atom is -0.506 e. The second-order valence-corrected chi connectivity index (χ2v) is 4.80. The van der Waals surface area contributed by atoms with Crippen LogP contribution >= 0.6 is 11.6 Å². The van der Waals surface area contributed by atoms with Crippen molar-refractivity contribution in [3.8, 4) is 5.75 Å². The highest BCUT2D eigenvalue weighted by Crippen LogP contribution is 2.37. The predicted octanol–water partition coefficient (Wildman–Crippen LogP) is 2.46. The first kappa shape index (κ1) is 12.4. The fourth-order valence-corrected chi connectivity index (χ4v) is 2.64. The van der Waals surface area contributed by atoms with Gasteiger partial charge in [-0.25, -0.2) is 0 Å². The van der Waals surface area contributed by atoms with Gasteiger partial charge >= 0.3 is 0 Å². The number of ketones is 1. The van der Waals surface area contributed by atoms with Gasteiger partial charge in [-0.05, 0) is 49.4 Å². The van der Waals surface area contributed by atoms with Crippen LogP contribution in [0.5, 0.6) is 5.75 Å². The molecule has 0 atom stereocenters. The summed E-state index contributed by atoms with van der Waals surface area (Å²) in [7, 11) is 0. The predicted molar refractivity (Wildman–Crippen MR) is 67.8 cm³/mol. The number of hydrogen-bond acceptors (Lipinski definition) is 3. The molecule has 0 aliphatic heterocycles. The van der Waals surface area contributed by atoms with Gasteiger partial charge in [0.2, 0.25) is 0 Å². The van der Waals surface area contributed by atoms with Crippen molar-refractivity contribution in [3.05, 3.63) is 27.8 Å². The summed E-state index contributed by atoms with van der Waals surface area (Å²) in [6.45, 7) is 0.291. The van der Waals surface area contributed by atoms with Gasteiger partial charge in [0, 0.05) is 6.42 Å². The van der Waals surface area contributed by atoms with E-state index in [1.165, 1.54) is 0 Å². The normalized spacial score (nSPS) is 14.5. The van der Waals surface area contributed by atoms with Crippen LogP contribution in [0.1, 0.15) is 40.7 Å². The highest BCUT2D eigenvalue weighted by Gasteiger charge is 2.23. The third-order valence-electron chi connectivity index (χ3n) is 3.23. The number of phenols is 1. The third kappa shape index (κ3) is 2.31. The minimum absolute atomic E-state index is 0.0780. The molecule has 2 rings (SSSR count). The summed E-state index contributed by atoms with van der Waals surface area (Å²) in [5.41, 5.74) is 7.86. The minimum atomic E-state index is -0.106. The van der Waals surface area contributed by atoms with Crippen molar-refractivity contribution in [3.63, 3.8) is 0 Å². The number of fused-ring (bicyclic) bond motifs is 1. The smallest absolute Gasteiger partial charge is 0.168 e. The third-order valence-corrected chi connectivity index (χ3v) is 3.51. The molecule has 0 radical (unpaired) electrons. The molecule has 0 unspecified atom stereocenters. The topological polar surface area (TPSA) is 63.3 Å². The Labute approximate surface area is 106 Å². The number of nitrogens with two attached hydrogens (primary N) is 1. The van der Waals surface area contributed by atoms with E-state index in [0.717, 1.165) is 36.8 Å². The Morgan fingerprint density at radius 1 is 1.41 bits per heavy atom. The maximum absolute atomic E-state index is 12.0. The van der Waals surface area contributed by atoms with Gasteiger partial charge in [0.25, 0.3) is 0 Å². The molecule has 3 nitrogen and oxygen atoms in total. The molecule has 0 heterocycles. The number of carbonyl (C=O) groups is 1. The molecule has 1 aliphatic rings. The zero-order chi connectivity index (χ0) is 12.4. The second kappa shape index (κ2) is 5.07. The van der Waals surface area contributed by atoms with Gasteiger partial charge < -0.3 is 10.8 Å². The first-order valence-electron chi connectivity index (χ1n) is 5.91. The van der Waals surface area contributed by atoms with Gasteiger partial charge in [-0.15, -0.1) is 0 Å². The van der Waals surface area contributed by atoms with Crippen LogP contribution in [0.4, 0.5) is 0 Å². The zero-order valence-electron chi connectivity index (χ0n) is 9.63.